The maximum absolute atomic E-state index is 12.0. The summed E-state index contributed by atoms with van der Waals surface area (Å²) in [6.45, 7) is 0.611. The molecule has 2 aromatic rings. The van der Waals surface area contributed by atoms with Gasteiger partial charge in [0.1, 0.15) is 0 Å². The number of benzene rings is 2. The first-order valence-corrected chi connectivity index (χ1v) is 9.07. The number of carbonyl (C=O) groups is 1. The van der Waals surface area contributed by atoms with Crippen molar-refractivity contribution in [2.24, 2.45) is 0 Å². The Kier molecular flexibility index (Phi) is 6.07. The van der Waals surface area contributed by atoms with E-state index in [-0.39, 0.29) is 18.2 Å². The minimum absolute atomic E-state index is 0.111. The fraction of sp³-hybridized carbons (Fsp3) is 0.381. The highest BCUT2D eigenvalue weighted by Gasteiger charge is 2.20. The fourth-order valence-corrected chi connectivity index (χ4v) is 3.31. The monoisotopic (exact) mass is 338 g/mol. The number of aliphatic hydroxyl groups excluding tert-OH is 1. The van der Waals surface area contributed by atoms with Gasteiger partial charge in [0.15, 0.2) is 0 Å². The Morgan fingerprint density at radius 3 is 2.44 bits per heavy atom. The van der Waals surface area contributed by atoms with Gasteiger partial charge in [-0.1, -0.05) is 54.6 Å². The van der Waals surface area contributed by atoms with Crippen LogP contribution in [0.1, 0.15) is 31.2 Å². The number of hydrogen-bond acceptors (Lipinski definition) is 2. The van der Waals surface area contributed by atoms with Crippen molar-refractivity contribution < 1.29 is 9.90 Å². The van der Waals surface area contributed by atoms with Gasteiger partial charge in [-0.2, -0.15) is 0 Å². The number of rotatable bonds is 5. The Morgan fingerprint density at radius 2 is 1.68 bits per heavy atom. The van der Waals surface area contributed by atoms with Crippen LogP contribution in [0.4, 0.5) is 4.79 Å². The second kappa shape index (κ2) is 8.67. The highest BCUT2D eigenvalue weighted by atomic mass is 16.3. The van der Waals surface area contributed by atoms with E-state index in [0.717, 1.165) is 32.1 Å². The first-order valence-electron chi connectivity index (χ1n) is 9.07. The number of nitrogens with one attached hydrogen (secondary N) is 2. The van der Waals surface area contributed by atoms with Crippen molar-refractivity contribution in [3.05, 3.63) is 60.2 Å². The van der Waals surface area contributed by atoms with Gasteiger partial charge in [-0.15, -0.1) is 0 Å². The topological polar surface area (TPSA) is 61.4 Å². The van der Waals surface area contributed by atoms with E-state index in [1.807, 2.05) is 18.2 Å². The first kappa shape index (κ1) is 17.5. The highest BCUT2D eigenvalue weighted by molar-refractivity contribution is 5.74. The molecule has 0 atom stereocenters. The SMILES string of the molecule is O=C(NCCc1cccc(-c2ccccc2)c1)NC1CCC(O)CC1. The summed E-state index contributed by atoms with van der Waals surface area (Å²) in [7, 11) is 0. The molecular weight excluding hydrogens is 312 g/mol. The Labute approximate surface area is 149 Å². The average molecular weight is 338 g/mol. The zero-order valence-electron chi connectivity index (χ0n) is 14.4. The molecule has 0 aromatic heterocycles. The van der Waals surface area contributed by atoms with Gasteiger partial charge >= 0.3 is 6.03 Å². The quantitative estimate of drug-likeness (QED) is 0.781. The molecule has 0 heterocycles. The van der Waals surface area contributed by atoms with Crippen LogP contribution in [0.5, 0.6) is 0 Å². The number of hydrogen-bond donors (Lipinski definition) is 3. The van der Waals surface area contributed by atoms with Crippen LogP contribution < -0.4 is 10.6 Å². The molecule has 3 N–H and O–H groups in total. The molecule has 0 bridgehead atoms. The van der Waals surface area contributed by atoms with E-state index >= 15 is 0 Å². The lowest BCUT2D eigenvalue weighted by Gasteiger charge is -2.26. The summed E-state index contributed by atoms with van der Waals surface area (Å²) in [5.74, 6) is 0. The number of aliphatic hydroxyl groups is 1. The third-order valence-electron chi connectivity index (χ3n) is 4.77. The zero-order chi connectivity index (χ0) is 17.5. The van der Waals surface area contributed by atoms with Crippen molar-refractivity contribution in [1.29, 1.82) is 0 Å². The molecule has 1 aliphatic rings. The second-order valence-electron chi connectivity index (χ2n) is 6.72. The lowest BCUT2D eigenvalue weighted by atomic mass is 9.93. The lowest BCUT2D eigenvalue weighted by Crippen LogP contribution is -2.44. The Balaban J connectivity index is 1.45. The van der Waals surface area contributed by atoms with E-state index in [1.54, 1.807) is 0 Å². The summed E-state index contributed by atoms with van der Waals surface area (Å²) in [4.78, 5) is 12.0. The molecule has 0 unspecified atom stereocenters. The largest absolute Gasteiger partial charge is 0.393 e. The summed E-state index contributed by atoms with van der Waals surface area (Å²) in [6, 6.07) is 18.8. The van der Waals surface area contributed by atoms with Gasteiger partial charge < -0.3 is 15.7 Å². The van der Waals surface area contributed by atoms with Crippen molar-refractivity contribution in [2.75, 3.05) is 6.54 Å². The summed E-state index contributed by atoms with van der Waals surface area (Å²) in [5.41, 5.74) is 3.61. The van der Waals surface area contributed by atoms with Gasteiger partial charge in [0.25, 0.3) is 0 Å². The van der Waals surface area contributed by atoms with E-state index in [0.29, 0.717) is 6.54 Å². The smallest absolute Gasteiger partial charge is 0.315 e. The molecule has 0 aliphatic heterocycles. The zero-order valence-corrected chi connectivity index (χ0v) is 14.4. The molecule has 0 saturated heterocycles. The summed E-state index contributed by atoms with van der Waals surface area (Å²) < 4.78 is 0. The highest BCUT2D eigenvalue weighted by Crippen LogP contribution is 2.20. The van der Waals surface area contributed by atoms with Crippen LogP contribution in [0.25, 0.3) is 11.1 Å². The van der Waals surface area contributed by atoms with E-state index in [4.69, 9.17) is 0 Å². The predicted molar refractivity (Wildman–Crippen MR) is 100 cm³/mol. The minimum Gasteiger partial charge on any atom is -0.393 e. The molecule has 2 amide bonds. The third kappa shape index (κ3) is 5.33. The Bertz CT molecular complexity index is 679. The maximum Gasteiger partial charge on any atom is 0.315 e. The standard InChI is InChI=1S/C21H26N2O2/c24-20-11-9-19(10-12-20)23-21(25)22-14-13-16-5-4-8-18(15-16)17-6-2-1-3-7-17/h1-8,15,19-20,24H,9-14H2,(H2,22,23,25). The van der Waals surface area contributed by atoms with E-state index < -0.39 is 0 Å². The maximum atomic E-state index is 12.0. The van der Waals surface area contributed by atoms with Crippen molar-refractivity contribution in [1.82, 2.24) is 10.6 Å². The molecule has 4 nitrogen and oxygen atoms in total. The molecule has 1 saturated carbocycles. The summed E-state index contributed by atoms with van der Waals surface area (Å²) in [5, 5.41) is 15.4. The molecule has 1 fully saturated rings. The van der Waals surface area contributed by atoms with Crippen molar-refractivity contribution >= 4 is 6.03 Å². The summed E-state index contributed by atoms with van der Waals surface area (Å²) >= 11 is 0. The normalized spacial score (nSPS) is 20.0. The van der Waals surface area contributed by atoms with Gasteiger partial charge in [0.05, 0.1) is 6.10 Å². The Hall–Kier alpha value is -2.33. The Morgan fingerprint density at radius 1 is 0.960 bits per heavy atom. The molecule has 3 rings (SSSR count). The van der Waals surface area contributed by atoms with Gasteiger partial charge in [-0.25, -0.2) is 4.79 Å². The van der Waals surface area contributed by atoms with E-state index in [1.165, 1.54) is 16.7 Å². The molecule has 1 aliphatic carbocycles. The molecule has 25 heavy (non-hydrogen) atoms. The van der Waals surface area contributed by atoms with Crippen molar-refractivity contribution in [2.45, 2.75) is 44.2 Å². The van der Waals surface area contributed by atoms with Crippen LogP contribution in [-0.2, 0) is 6.42 Å². The van der Waals surface area contributed by atoms with Gasteiger partial charge in [-0.3, -0.25) is 0 Å². The molecule has 4 heteroatoms. The number of urea groups is 1. The average Bonchev–Trinajstić information content (AvgIpc) is 2.65. The predicted octanol–water partition coefficient (Wildman–Crippen LogP) is 3.50. The van der Waals surface area contributed by atoms with Crippen molar-refractivity contribution in [3.63, 3.8) is 0 Å². The molecule has 132 valence electrons. The van der Waals surface area contributed by atoms with Gasteiger partial charge in [-0.05, 0) is 48.8 Å². The molecule has 0 spiro atoms. The van der Waals surface area contributed by atoms with Gasteiger partial charge in [0.2, 0.25) is 0 Å². The van der Waals surface area contributed by atoms with Crippen molar-refractivity contribution in [3.8, 4) is 11.1 Å². The van der Waals surface area contributed by atoms with Gasteiger partial charge in [0, 0.05) is 12.6 Å². The third-order valence-corrected chi connectivity index (χ3v) is 4.77. The van der Waals surface area contributed by atoms with E-state index in [9.17, 15) is 9.90 Å². The number of amides is 2. The van der Waals surface area contributed by atoms with Crippen LogP contribution in [-0.4, -0.2) is 29.8 Å². The van der Waals surface area contributed by atoms with Crippen LogP contribution in [0, 0.1) is 0 Å². The van der Waals surface area contributed by atoms with Crippen LogP contribution in [0.15, 0.2) is 54.6 Å². The second-order valence-corrected chi connectivity index (χ2v) is 6.72. The minimum atomic E-state index is -0.196. The van der Waals surface area contributed by atoms with Crippen LogP contribution in [0.3, 0.4) is 0 Å². The molecular formula is C21H26N2O2. The summed E-state index contributed by atoms with van der Waals surface area (Å²) in [6.07, 6.45) is 3.87. The first-order chi connectivity index (χ1) is 12.2. The van der Waals surface area contributed by atoms with Crippen LogP contribution >= 0.6 is 0 Å². The van der Waals surface area contributed by atoms with Crippen LogP contribution in [0.2, 0.25) is 0 Å². The number of carbonyl (C=O) groups excluding carboxylic acids is 1. The molecule has 2 aromatic carbocycles. The fourth-order valence-electron chi connectivity index (χ4n) is 3.31. The molecule has 0 radical (unpaired) electrons. The van der Waals surface area contributed by atoms with E-state index in [2.05, 4.69) is 47.0 Å². The lowest BCUT2D eigenvalue weighted by molar-refractivity contribution is 0.117.